The van der Waals surface area contributed by atoms with Gasteiger partial charge in [-0.1, -0.05) is 0 Å². The molecule has 0 saturated carbocycles. The number of aromatic nitrogens is 1. The smallest absolute Gasteiger partial charge is 0.255 e. The van der Waals surface area contributed by atoms with Crippen molar-refractivity contribution in [1.82, 2.24) is 4.98 Å². The molecule has 0 radical (unpaired) electrons. The Hall–Kier alpha value is -2.21. The van der Waals surface area contributed by atoms with Crippen molar-refractivity contribution in [1.29, 1.82) is 0 Å². The summed E-state index contributed by atoms with van der Waals surface area (Å²) in [5, 5.41) is 8.12. The van der Waals surface area contributed by atoms with Crippen LogP contribution in [0, 0.1) is 0 Å². The summed E-state index contributed by atoms with van der Waals surface area (Å²) in [5.41, 5.74) is 2.64. The van der Waals surface area contributed by atoms with Gasteiger partial charge in [-0.3, -0.25) is 4.79 Å². The van der Waals surface area contributed by atoms with Gasteiger partial charge in [-0.2, -0.15) is 10.1 Å². The number of hydrogen-bond donors (Lipinski definition) is 0. The maximum absolute atomic E-state index is 11.8. The van der Waals surface area contributed by atoms with E-state index in [0.717, 1.165) is 22.7 Å². The standard InChI is InChI=1S/C14H13N3O2S/c1-9-7-13(18)17(16-9)14-15-12(8-20-14)10-3-5-11(19-2)6-4-10/h3-6,8H,7H2,1-2H3. The second kappa shape index (κ2) is 5.05. The molecule has 2 heterocycles. The maximum atomic E-state index is 11.8. The molecule has 0 fully saturated rings. The number of thiazole rings is 1. The van der Waals surface area contributed by atoms with Crippen LogP contribution in [-0.4, -0.2) is 23.7 Å². The van der Waals surface area contributed by atoms with Crippen molar-refractivity contribution in [2.24, 2.45) is 5.10 Å². The van der Waals surface area contributed by atoms with E-state index in [0.29, 0.717) is 11.6 Å². The molecule has 0 saturated heterocycles. The number of ether oxygens (including phenoxy) is 1. The summed E-state index contributed by atoms with van der Waals surface area (Å²) in [6.45, 7) is 1.84. The van der Waals surface area contributed by atoms with E-state index in [4.69, 9.17) is 4.74 Å². The van der Waals surface area contributed by atoms with Crippen LogP contribution in [0.2, 0.25) is 0 Å². The van der Waals surface area contributed by atoms with Gasteiger partial charge in [-0.15, -0.1) is 11.3 Å². The Morgan fingerprint density at radius 1 is 1.30 bits per heavy atom. The third-order valence-corrected chi connectivity index (χ3v) is 3.79. The molecule has 5 nitrogen and oxygen atoms in total. The first-order valence-electron chi connectivity index (χ1n) is 6.14. The molecule has 0 spiro atoms. The van der Waals surface area contributed by atoms with Crippen molar-refractivity contribution in [3.05, 3.63) is 29.6 Å². The summed E-state index contributed by atoms with van der Waals surface area (Å²) in [5.74, 6) is 0.775. The first kappa shape index (κ1) is 12.8. The Morgan fingerprint density at radius 2 is 2.05 bits per heavy atom. The summed E-state index contributed by atoms with van der Waals surface area (Å²) >= 11 is 1.41. The minimum atomic E-state index is -0.0295. The lowest BCUT2D eigenvalue weighted by Crippen LogP contribution is -2.19. The van der Waals surface area contributed by atoms with Gasteiger partial charge in [0.25, 0.3) is 5.91 Å². The highest BCUT2D eigenvalue weighted by Crippen LogP contribution is 2.30. The number of benzene rings is 1. The molecule has 1 amide bonds. The van der Waals surface area contributed by atoms with E-state index >= 15 is 0 Å². The zero-order valence-corrected chi connectivity index (χ0v) is 12.0. The fourth-order valence-corrected chi connectivity index (χ4v) is 2.76. The number of hydrogen-bond acceptors (Lipinski definition) is 5. The van der Waals surface area contributed by atoms with E-state index < -0.39 is 0 Å². The van der Waals surface area contributed by atoms with Gasteiger partial charge in [0.15, 0.2) is 0 Å². The third kappa shape index (κ3) is 2.30. The van der Waals surface area contributed by atoms with Gasteiger partial charge in [0.2, 0.25) is 5.13 Å². The van der Waals surface area contributed by atoms with Crippen molar-refractivity contribution >= 4 is 28.1 Å². The average molecular weight is 287 g/mol. The average Bonchev–Trinajstić information content (AvgIpc) is 3.05. The van der Waals surface area contributed by atoms with Crippen LogP contribution < -0.4 is 9.75 Å². The van der Waals surface area contributed by atoms with Crippen LogP contribution in [0.15, 0.2) is 34.7 Å². The van der Waals surface area contributed by atoms with Crippen LogP contribution in [-0.2, 0) is 4.79 Å². The van der Waals surface area contributed by atoms with Crippen LogP contribution in [0.1, 0.15) is 13.3 Å². The normalized spacial score (nSPS) is 14.6. The monoisotopic (exact) mass is 287 g/mol. The molecule has 0 N–H and O–H groups in total. The molecule has 1 aliphatic rings. The van der Waals surface area contributed by atoms with Gasteiger partial charge in [0.1, 0.15) is 5.75 Å². The van der Waals surface area contributed by atoms with Gasteiger partial charge >= 0.3 is 0 Å². The zero-order valence-electron chi connectivity index (χ0n) is 11.2. The molecular weight excluding hydrogens is 274 g/mol. The van der Waals surface area contributed by atoms with Crippen LogP contribution in [0.4, 0.5) is 5.13 Å². The highest BCUT2D eigenvalue weighted by atomic mass is 32.1. The highest BCUT2D eigenvalue weighted by molar-refractivity contribution is 7.14. The molecule has 1 aromatic heterocycles. The number of amides is 1. The molecule has 0 bridgehead atoms. The van der Waals surface area contributed by atoms with E-state index in [1.54, 1.807) is 7.11 Å². The number of nitrogens with zero attached hydrogens (tertiary/aromatic N) is 3. The van der Waals surface area contributed by atoms with E-state index in [1.165, 1.54) is 16.3 Å². The summed E-state index contributed by atoms with van der Waals surface area (Å²) in [7, 11) is 1.63. The molecule has 6 heteroatoms. The number of carbonyl (C=O) groups is 1. The molecule has 3 rings (SSSR count). The van der Waals surface area contributed by atoms with Crippen molar-refractivity contribution in [2.45, 2.75) is 13.3 Å². The van der Waals surface area contributed by atoms with E-state index in [2.05, 4.69) is 10.1 Å². The van der Waals surface area contributed by atoms with Gasteiger partial charge in [-0.05, 0) is 31.2 Å². The molecule has 0 atom stereocenters. The number of carbonyl (C=O) groups excluding carboxylic acids is 1. The Kier molecular flexibility index (Phi) is 3.23. The van der Waals surface area contributed by atoms with Crippen LogP contribution in [0.25, 0.3) is 11.3 Å². The lowest BCUT2D eigenvalue weighted by Gasteiger charge is -2.06. The molecule has 1 aliphatic heterocycles. The molecule has 2 aromatic rings. The highest BCUT2D eigenvalue weighted by Gasteiger charge is 2.25. The van der Waals surface area contributed by atoms with Gasteiger partial charge in [0, 0.05) is 16.7 Å². The number of hydrazone groups is 1. The fourth-order valence-electron chi connectivity index (χ4n) is 1.96. The Morgan fingerprint density at radius 3 is 2.65 bits per heavy atom. The molecule has 1 aromatic carbocycles. The Bertz CT molecular complexity index is 676. The largest absolute Gasteiger partial charge is 0.497 e. The Balaban J connectivity index is 1.88. The zero-order chi connectivity index (χ0) is 14.1. The van der Waals surface area contributed by atoms with Gasteiger partial charge < -0.3 is 4.74 Å². The minimum Gasteiger partial charge on any atom is -0.497 e. The summed E-state index contributed by atoms with van der Waals surface area (Å²) < 4.78 is 5.13. The number of methoxy groups -OCH3 is 1. The summed E-state index contributed by atoms with van der Waals surface area (Å²) in [6, 6.07) is 7.66. The second-order valence-electron chi connectivity index (χ2n) is 4.46. The maximum Gasteiger partial charge on any atom is 0.255 e. The molecule has 0 unspecified atom stereocenters. The van der Waals surface area contributed by atoms with E-state index in [9.17, 15) is 4.79 Å². The van der Waals surface area contributed by atoms with Crippen LogP contribution in [0.3, 0.4) is 0 Å². The Labute approximate surface area is 120 Å². The lowest BCUT2D eigenvalue weighted by atomic mass is 10.2. The van der Waals surface area contributed by atoms with Crippen molar-refractivity contribution in [3.63, 3.8) is 0 Å². The van der Waals surface area contributed by atoms with Crippen molar-refractivity contribution in [3.8, 4) is 17.0 Å². The van der Waals surface area contributed by atoms with Crippen molar-refractivity contribution in [2.75, 3.05) is 12.1 Å². The van der Waals surface area contributed by atoms with Gasteiger partial charge in [0.05, 0.1) is 19.2 Å². The topological polar surface area (TPSA) is 54.8 Å². The van der Waals surface area contributed by atoms with Gasteiger partial charge in [-0.25, -0.2) is 4.98 Å². The lowest BCUT2D eigenvalue weighted by molar-refractivity contribution is -0.116. The van der Waals surface area contributed by atoms with Crippen LogP contribution in [0.5, 0.6) is 5.75 Å². The molecule has 20 heavy (non-hydrogen) atoms. The van der Waals surface area contributed by atoms with Crippen LogP contribution >= 0.6 is 11.3 Å². The second-order valence-corrected chi connectivity index (χ2v) is 5.30. The minimum absolute atomic E-state index is 0.0295. The summed E-state index contributed by atoms with van der Waals surface area (Å²) in [4.78, 5) is 16.3. The molecular formula is C14H13N3O2S. The number of anilines is 1. The fraction of sp³-hybridized carbons (Fsp3) is 0.214. The first-order chi connectivity index (χ1) is 9.67. The first-order valence-corrected chi connectivity index (χ1v) is 7.02. The quantitative estimate of drug-likeness (QED) is 0.872. The van der Waals surface area contributed by atoms with E-state index in [-0.39, 0.29) is 5.91 Å². The SMILES string of the molecule is COc1ccc(-c2csc(N3N=C(C)CC3=O)n2)cc1. The third-order valence-electron chi connectivity index (χ3n) is 2.97. The molecule has 102 valence electrons. The molecule has 0 aliphatic carbocycles. The predicted molar refractivity (Wildman–Crippen MR) is 79.3 cm³/mol. The van der Waals surface area contributed by atoms with E-state index in [1.807, 2.05) is 36.6 Å². The van der Waals surface area contributed by atoms with Crippen molar-refractivity contribution < 1.29 is 9.53 Å². The summed E-state index contributed by atoms with van der Waals surface area (Å²) in [6.07, 6.45) is 0.372. The predicted octanol–water partition coefficient (Wildman–Crippen LogP) is 2.93. The number of rotatable bonds is 3.